The molecule has 0 aliphatic rings. The molecule has 2 aromatic rings. The molecule has 13 heteroatoms. The maximum Gasteiger partial charge on any atom is 0.296 e. The number of benzene rings is 2. The van der Waals surface area contributed by atoms with Gasteiger partial charge in [-0.05, 0) is 42.5 Å². The molecule has 0 saturated heterocycles. The molecule has 8 nitrogen and oxygen atoms in total. The van der Waals surface area contributed by atoms with Gasteiger partial charge < -0.3 is 20.7 Å². The average Bonchev–Trinajstić information content (AvgIpc) is 2.67. The third-order valence-electron chi connectivity index (χ3n) is 3.64. The fourth-order valence-corrected chi connectivity index (χ4v) is 3.08. The molecule has 0 heterocycles. The average molecular weight is 557 g/mol. The van der Waals surface area contributed by atoms with E-state index in [0.717, 1.165) is 4.47 Å². The van der Waals surface area contributed by atoms with Gasteiger partial charge in [0.1, 0.15) is 11.9 Å². The maximum absolute atomic E-state index is 12.5. The number of rotatable bonds is 6. The molecular weight excluding hydrogens is 543 g/mol. The van der Waals surface area contributed by atoms with Crippen LogP contribution in [0.5, 0.6) is 5.75 Å². The molecule has 0 saturated carbocycles. The monoisotopic (exact) mass is 554 g/mol. The van der Waals surface area contributed by atoms with Gasteiger partial charge in [-0.2, -0.15) is 0 Å². The zero-order valence-corrected chi connectivity index (χ0v) is 19.8. The number of ether oxygens (including phenoxy) is 1. The summed E-state index contributed by atoms with van der Waals surface area (Å²) in [4.78, 5) is 23.2. The third kappa shape index (κ3) is 6.58. The number of amides is 1. The number of methoxy groups -OCH3 is 1. The Morgan fingerprint density at radius 1 is 1.20 bits per heavy atom. The van der Waals surface area contributed by atoms with E-state index in [1.165, 1.54) is 25.3 Å². The molecule has 0 radical (unpaired) electrons. The van der Waals surface area contributed by atoms with Gasteiger partial charge in [-0.25, -0.2) is 0 Å². The van der Waals surface area contributed by atoms with Crippen LogP contribution in [0.3, 0.4) is 0 Å². The fourth-order valence-electron chi connectivity index (χ4n) is 2.26. The molecule has 2 aromatic carbocycles. The maximum atomic E-state index is 12.5. The Balaban J connectivity index is 2.20. The van der Waals surface area contributed by atoms with Crippen molar-refractivity contribution in [2.75, 3.05) is 12.4 Å². The normalized spacial score (nSPS) is 11.9. The highest BCUT2D eigenvalue weighted by Gasteiger charge is 2.35. The first-order chi connectivity index (χ1) is 14.0. The summed E-state index contributed by atoms with van der Waals surface area (Å²) in [6, 6.07) is 10.8. The molecule has 0 unspecified atom stereocenters. The molecule has 3 N–H and O–H groups in total. The molecule has 30 heavy (non-hydrogen) atoms. The Labute approximate surface area is 200 Å². The molecule has 0 aliphatic carbocycles. The quantitative estimate of drug-likeness (QED) is 0.155. The van der Waals surface area contributed by atoms with E-state index in [9.17, 15) is 14.9 Å². The Morgan fingerprint density at radius 2 is 1.83 bits per heavy atom. The number of para-hydroxylation sites is 1. The van der Waals surface area contributed by atoms with Gasteiger partial charge in [-0.1, -0.05) is 56.8 Å². The van der Waals surface area contributed by atoms with Crippen molar-refractivity contribution in [3.05, 3.63) is 62.6 Å². The van der Waals surface area contributed by atoms with Crippen molar-refractivity contribution in [2.24, 2.45) is 0 Å². The van der Waals surface area contributed by atoms with E-state index in [-0.39, 0.29) is 22.2 Å². The molecule has 0 spiro atoms. The van der Waals surface area contributed by atoms with E-state index in [2.05, 4.69) is 31.9 Å². The van der Waals surface area contributed by atoms with Gasteiger partial charge in [0.05, 0.1) is 12.0 Å². The highest BCUT2D eigenvalue weighted by molar-refractivity contribution is 9.10. The molecule has 0 fully saturated rings. The van der Waals surface area contributed by atoms with Crippen LogP contribution in [-0.4, -0.2) is 33.0 Å². The Kier molecular flexibility index (Phi) is 8.51. The van der Waals surface area contributed by atoms with Crippen LogP contribution < -0.4 is 20.7 Å². The topological polar surface area (TPSA) is 106 Å². The zero-order valence-electron chi connectivity index (χ0n) is 15.1. The number of halogens is 4. The van der Waals surface area contributed by atoms with Gasteiger partial charge in [0, 0.05) is 16.1 Å². The van der Waals surface area contributed by atoms with E-state index in [4.69, 9.17) is 51.8 Å². The first kappa shape index (κ1) is 24.4. The first-order valence-corrected chi connectivity index (χ1v) is 10.4. The van der Waals surface area contributed by atoms with Crippen LogP contribution in [0.25, 0.3) is 0 Å². The smallest absolute Gasteiger partial charge is 0.296 e. The largest absolute Gasteiger partial charge is 0.494 e. The van der Waals surface area contributed by atoms with Crippen molar-refractivity contribution in [2.45, 2.75) is 9.96 Å². The molecule has 0 aromatic heterocycles. The summed E-state index contributed by atoms with van der Waals surface area (Å²) in [5.41, 5.74) is 0.0473. The number of alkyl halides is 3. The van der Waals surface area contributed by atoms with Gasteiger partial charge in [0.15, 0.2) is 10.8 Å². The van der Waals surface area contributed by atoms with Crippen LogP contribution in [0.2, 0.25) is 0 Å². The van der Waals surface area contributed by atoms with Crippen LogP contribution in [-0.2, 0) is 0 Å². The van der Waals surface area contributed by atoms with Crippen LogP contribution in [0.15, 0.2) is 46.9 Å². The van der Waals surface area contributed by atoms with Gasteiger partial charge in [-0.15, -0.1) is 0 Å². The van der Waals surface area contributed by atoms with Crippen LogP contribution in [0.4, 0.5) is 11.4 Å². The Hall–Kier alpha value is -1.85. The van der Waals surface area contributed by atoms with Gasteiger partial charge in [-0.3, -0.25) is 14.9 Å². The van der Waals surface area contributed by atoms with Crippen molar-refractivity contribution in [1.82, 2.24) is 10.6 Å². The fraction of sp³-hybridized carbons (Fsp3) is 0.176. The second-order valence-corrected chi connectivity index (χ2v) is 9.36. The van der Waals surface area contributed by atoms with Crippen LogP contribution in [0, 0.1) is 10.1 Å². The SMILES string of the molecule is COc1cccc([N+](=O)[O-])c1NC(=S)N[C@H](NC(=O)c1ccc(Br)cc1)C(Cl)(Cl)Cl. The molecule has 160 valence electrons. The third-order valence-corrected chi connectivity index (χ3v) is 5.05. The lowest BCUT2D eigenvalue weighted by molar-refractivity contribution is -0.384. The summed E-state index contributed by atoms with van der Waals surface area (Å²) in [6.45, 7) is 0. The number of thiocarbonyl (C=S) groups is 1. The highest BCUT2D eigenvalue weighted by atomic mass is 79.9. The number of nitro groups is 1. The van der Waals surface area contributed by atoms with Crippen molar-refractivity contribution in [1.29, 1.82) is 0 Å². The Bertz CT molecular complexity index is 957. The van der Waals surface area contributed by atoms with E-state index in [1.807, 2.05) is 0 Å². The van der Waals surface area contributed by atoms with E-state index in [0.29, 0.717) is 5.56 Å². The summed E-state index contributed by atoms with van der Waals surface area (Å²) in [6.07, 6.45) is -1.26. The lowest BCUT2D eigenvalue weighted by atomic mass is 10.2. The van der Waals surface area contributed by atoms with Crippen molar-refractivity contribution in [3.63, 3.8) is 0 Å². The second-order valence-electron chi connectivity index (χ2n) is 5.66. The molecule has 1 amide bonds. The first-order valence-electron chi connectivity index (χ1n) is 8.05. The van der Waals surface area contributed by atoms with Crippen molar-refractivity contribution in [3.8, 4) is 5.75 Å². The summed E-state index contributed by atoms with van der Waals surface area (Å²) in [5, 5.41) is 19.0. The van der Waals surface area contributed by atoms with Gasteiger partial charge >= 0.3 is 0 Å². The summed E-state index contributed by atoms with van der Waals surface area (Å²) < 4.78 is 3.93. The minimum Gasteiger partial charge on any atom is -0.494 e. The number of nitrogens with zero attached hydrogens (tertiary/aromatic N) is 1. The second kappa shape index (κ2) is 10.5. The minimum atomic E-state index is -2.00. The minimum absolute atomic E-state index is 0.00445. The molecule has 0 bridgehead atoms. The predicted octanol–water partition coefficient (Wildman–Crippen LogP) is 4.78. The molecule has 0 aliphatic heterocycles. The van der Waals surface area contributed by atoms with Crippen LogP contribution in [0.1, 0.15) is 10.4 Å². The van der Waals surface area contributed by atoms with Crippen molar-refractivity contribution >= 4 is 85.3 Å². The summed E-state index contributed by atoms with van der Waals surface area (Å²) in [5.74, 6) is -0.352. The Morgan fingerprint density at radius 3 is 2.37 bits per heavy atom. The number of hydrogen-bond acceptors (Lipinski definition) is 5. The van der Waals surface area contributed by atoms with E-state index >= 15 is 0 Å². The number of carbonyl (C=O) groups excluding carboxylic acids is 1. The number of hydrogen-bond donors (Lipinski definition) is 3. The number of nitro benzene ring substituents is 1. The van der Waals surface area contributed by atoms with Gasteiger partial charge in [0.2, 0.25) is 3.79 Å². The highest BCUT2D eigenvalue weighted by Crippen LogP contribution is 2.34. The lowest BCUT2D eigenvalue weighted by Gasteiger charge is -2.28. The number of anilines is 1. The van der Waals surface area contributed by atoms with E-state index < -0.39 is 20.8 Å². The standard InChI is InChI=1S/C17H14BrCl3N4O4S/c1-29-12-4-2-3-11(25(27)28)13(12)22-16(30)24-15(17(19,20)21)23-14(26)9-5-7-10(18)8-6-9/h2-8,15H,1H3,(H,23,26)(H2,22,24,30)/t15-/m0/s1. The lowest BCUT2D eigenvalue weighted by Crippen LogP contribution is -2.56. The van der Waals surface area contributed by atoms with Crippen molar-refractivity contribution < 1.29 is 14.5 Å². The molecule has 2 rings (SSSR count). The summed E-state index contributed by atoms with van der Waals surface area (Å²) >= 11 is 26.4. The molecular formula is C17H14BrCl3N4O4S. The zero-order chi connectivity index (χ0) is 22.5. The van der Waals surface area contributed by atoms with Gasteiger partial charge in [0.25, 0.3) is 11.6 Å². The summed E-state index contributed by atoms with van der Waals surface area (Å²) in [7, 11) is 1.35. The van der Waals surface area contributed by atoms with E-state index in [1.54, 1.807) is 24.3 Å². The van der Waals surface area contributed by atoms with Crippen LogP contribution >= 0.6 is 63.0 Å². The molecule has 1 atom stereocenters. The number of carbonyl (C=O) groups is 1. The predicted molar refractivity (Wildman–Crippen MR) is 125 cm³/mol. The number of nitrogens with one attached hydrogen (secondary N) is 3.